The molecule has 5 aromatic rings. The van der Waals surface area contributed by atoms with E-state index in [1.165, 1.54) is 11.3 Å². The molecular formula is C31H24N2O4S. The van der Waals surface area contributed by atoms with Crippen LogP contribution in [0.5, 0.6) is 5.75 Å². The lowest BCUT2D eigenvalue weighted by molar-refractivity contribution is -0.117. The van der Waals surface area contributed by atoms with Crippen LogP contribution in [0.1, 0.15) is 33.0 Å². The number of anilines is 1. The molecule has 7 heteroatoms. The molecule has 6 rings (SSSR count). The number of ketones is 1. The molecule has 0 radical (unpaired) electrons. The number of nitrogens with one attached hydrogen (secondary N) is 1. The van der Waals surface area contributed by atoms with Gasteiger partial charge in [0.2, 0.25) is 5.91 Å². The van der Waals surface area contributed by atoms with E-state index >= 15 is 0 Å². The standard InChI is InChI=1S/C31H24N2O4S/c34-29(21-6-2-1-3-7-21)22-12-15-26-24(19-22)25(30(35)32-26)18-20-10-13-23(14-11-20)37-17-16-33-27-8-4-5-9-28(27)38-31(33)36/h1-15,19,25H,16-18H2,(H,32,35). The van der Waals surface area contributed by atoms with Crippen LogP contribution in [0.15, 0.2) is 102 Å². The minimum atomic E-state index is -0.376. The predicted molar refractivity (Wildman–Crippen MR) is 149 cm³/mol. The van der Waals surface area contributed by atoms with Gasteiger partial charge in [-0.15, -0.1) is 0 Å². The normalized spacial score (nSPS) is 14.3. The Morgan fingerprint density at radius 1 is 0.868 bits per heavy atom. The average Bonchev–Trinajstić information content (AvgIpc) is 3.44. The van der Waals surface area contributed by atoms with E-state index in [0.717, 1.165) is 27.0 Å². The Morgan fingerprint density at radius 2 is 1.63 bits per heavy atom. The summed E-state index contributed by atoms with van der Waals surface area (Å²) in [5.41, 5.74) is 4.69. The molecule has 0 saturated heterocycles. The molecule has 6 nitrogen and oxygen atoms in total. The third kappa shape index (κ3) is 4.64. The maximum absolute atomic E-state index is 12.9. The summed E-state index contributed by atoms with van der Waals surface area (Å²) in [4.78, 5) is 38.0. The molecule has 38 heavy (non-hydrogen) atoms. The van der Waals surface area contributed by atoms with Crippen LogP contribution in [0.4, 0.5) is 5.69 Å². The zero-order chi connectivity index (χ0) is 26.1. The molecule has 188 valence electrons. The molecule has 1 aromatic heterocycles. The van der Waals surface area contributed by atoms with Gasteiger partial charge in [-0.2, -0.15) is 0 Å². The fourth-order valence-corrected chi connectivity index (χ4v) is 5.78. The Labute approximate surface area is 223 Å². The molecule has 0 bridgehead atoms. The molecule has 1 aliphatic rings. The van der Waals surface area contributed by atoms with Crippen molar-refractivity contribution in [2.24, 2.45) is 0 Å². The summed E-state index contributed by atoms with van der Waals surface area (Å²) in [6.45, 7) is 0.838. The van der Waals surface area contributed by atoms with Crippen LogP contribution in [0, 0.1) is 0 Å². The van der Waals surface area contributed by atoms with Crippen molar-refractivity contribution in [1.82, 2.24) is 4.57 Å². The zero-order valence-electron chi connectivity index (χ0n) is 20.4. The number of para-hydroxylation sites is 1. The van der Waals surface area contributed by atoms with Crippen molar-refractivity contribution in [3.63, 3.8) is 0 Å². The summed E-state index contributed by atoms with van der Waals surface area (Å²) >= 11 is 1.24. The largest absolute Gasteiger partial charge is 0.492 e. The smallest absolute Gasteiger partial charge is 0.308 e. The van der Waals surface area contributed by atoms with Gasteiger partial charge in [0.05, 0.1) is 22.7 Å². The molecule has 1 aliphatic heterocycles. The first-order valence-electron chi connectivity index (χ1n) is 12.4. The Bertz CT molecular complexity index is 1700. The number of carbonyl (C=O) groups excluding carboxylic acids is 2. The summed E-state index contributed by atoms with van der Waals surface area (Å²) in [5.74, 6) is 0.191. The van der Waals surface area contributed by atoms with Gasteiger partial charge in [-0.25, -0.2) is 0 Å². The van der Waals surface area contributed by atoms with Crippen LogP contribution in [0.25, 0.3) is 10.2 Å². The lowest BCUT2D eigenvalue weighted by Crippen LogP contribution is -2.17. The molecule has 1 amide bonds. The molecular weight excluding hydrogens is 496 g/mol. The van der Waals surface area contributed by atoms with Crippen LogP contribution in [-0.4, -0.2) is 22.9 Å². The lowest BCUT2D eigenvalue weighted by Gasteiger charge is -2.12. The number of thiazole rings is 1. The van der Waals surface area contributed by atoms with Gasteiger partial charge in [0.1, 0.15) is 12.4 Å². The van der Waals surface area contributed by atoms with E-state index in [0.29, 0.717) is 36.4 Å². The second-order valence-electron chi connectivity index (χ2n) is 9.22. The SMILES string of the molecule is O=C(c1ccccc1)c1ccc2c(c1)C(Cc1ccc(OCCn3c(=O)sc4ccccc43)cc1)C(=O)N2. The summed E-state index contributed by atoms with van der Waals surface area (Å²) in [6, 6.07) is 30.0. The molecule has 0 spiro atoms. The van der Waals surface area contributed by atoms with Crippen molar-refractivity contribution in [2.75, 3.05) is 11.9 Å². The maximum atomic E-state index is 12.9. The third-order valence-electron chi connectivity index (χ3n) is 6.82. The van der Waals surface area contributed by atoms with Gasteiger partial charge in [-0.05, 0) is 60.0 Å². The van der Waals surface area contributed by atoms with Crippen molar-refractivity contribution in [2.45, 2.75) is 18.9 Å². The Hall–Kier alpha value is -4.49. The number of hydrogen-bond acceptors (Lipinski definition) is 5. The third-order valence-corrected chi connectivity index (χ3v) is 7.78. The van der Waals surface area contributed by atoms with E-state index in [4.69, 9.17) is 4.74 Å². The molecule has 4 aromatic carbocycles. The highest BCUT2D eigenvalue weighted by molar-refractivity contribution is 7.16. The van der Waals surface area contributed by atoms with E-state index in [2.05, 4.69) is 5.32 Å². The Balaban J connectivity index is 1.12. The highest BCUT2D eigenvalue weighted by Gasteiger charge is 2.31. The summed E-state index contributed by atoms with van der Waals surface area (Å²) in [7, 11) is 0. The van der Waals surface area contributed by atoms with Gasteiger partial charge in [-0.1, -0.05) is 65.9 Å². The number of amides is 1. The number of aromatic nitrogens is 1. The zero-order valence-corrected chi connectivity index (χ0v) is 21.2. The molecule has 1 unspecified atom stereocenters. The number of carbonyl (C=O) groups is 2. The monoisotopic (exact) mass is 520 g/mol. The molecule has 2 heterocycles. The number of hydrogen-bond donors (Lipinski definition) is 1. The predicted octanol–water partition coefficient (Wildman–Crippen LogP) is 5.65. The molecule has 1 N–H and O–H groups in total. The quantitative estimate of drug-likeness (QED) is 0.268. The second-order valence-corrected chi connectivity index (χ2v) is 10.2. The maximum Gasteiger partial charge on any atom is 0.308 e. The van der Waals surface area contributed by atoms with E-state index in [1.807, 2.05) is 78.9 Å². The first-order chi connectivity index (χ1) is 18.6. The fraction of sp³-hybridized carbons (Fsp3) is 0.129. The molecule has 0 saturated carbocycles. The van der Waals surface area contributed by atoms with E-state index in [9.17, 15) is 14.4 Å². The van der Waals surface area contributed by atoms with Crippen molar-refractivity contribution in [1.29, 1.82) is 0 Å². The van der Waals surface area contributed by atoms with E-state index in [-0.39, 0.29) is 22.5 Å². The van der Waals surface area contributed by atoms with Crippen molar-refractivity contribution in [3.8, 4) is 5.75 Å². The van der Waals surface area contributed by atoms with Crippen LogP contribution < -0.4 is 14.9 Å². The number of ether oxygens (including phenoxy) is 1. The molecule has 0 aliphatic carbocycles. The first kappa shape index (κ1) is 23.9. The number of nitrogens with zero attached hydrogens (tertiary/aromatic N) is 1. The van der Waals surface area contributed by atoms with Gasteiger partial charge in [0, 0.05) is 16.8 Å². The van der Waals surface area contributed by atoms with Gasteiger partial charge in [0.15, 0.2) is 5.78 Å². The van der Waals surface area contributed by atoms with Crippen molar-refractivity contribution in [3.05, 3.63) is 129 Å². The minimum Gasteiger partial charge on any atom is -0.492 e. The highest BCUT2D eigenvalue weighted by Crippen LogP contribution is 2.36. The lowest BCUT2D eigenvalue weighted by atomic mass is 9.91. The van der Waals surface area contributed by atoms with Crippen molar-refractivity contribution >= 4 is 38.9 Å². The van der Waals surface area contributed by atoms with E-state index < -0.39 is 0 Å². The van der Waals surface area contributed by atoms with Gasteiger partial charge in [0.25, 0.3) is 0 Å². The first-order valence-corrected chi connectivity index (χ1v) is 13.2. The molecule has 0 fully saturated rings. The topological polar surface area (TPSA) is 77.4 Å². The van der Waals surface area contributed by atoms with Crippen LogP contribution >= 0.6 is 11.3 Å². The van der Waals surface area contributed by atoms with Gasteiger partial charge in [-0.3, -0.25) is 19.0 Å². The fourth-order valence-electron chi connectivity index (χ4n) is 4.86. The number of fused-ring (bicyclic) bond motifs is 2. The van der Waals surface area contributed by atoms with Gasteiger partial charge < -0.3 is 10.1 Å². The minimum absolute atomic E-state index is 0.00824. The highest BCUT2D eigenvalue weighted by atomic mass is 32.1. The average molecular weight is 521 g/mol. The van der Waals surface area contributed by atoms with Crippen molar-refractivity contribution < 1.29 is 14.3 Å². The van der Waals surface area contributed by atoms with Crippen LogP contribution in [0.3, 0.4) is 0 Å². The summed E-state index contributed by atoms with van der Waals surface area (Å²) in [6.07, 6.45) is 0.512. The number of rotatable bonds is 8. The second kappa shape index (κ2) is 10.1. The van der Waals surface area contributed by atoms with Crippen LogP contribution in [-0.2, 0) is 17.8 Å². The Morgan fingerprint density at radius 3 is 2.45 bits per heavy atom. The van der Waals surface area contributed by atoms with E-state index in [1.54, 1.807) is 22.8 Å². The molecule has 1 atom stereocenters. The summed E-state index contributed by atoms with van der Waals surface area (Å²) < 4.78 is 8.60. The summed E-state index contributed by atoms with van der Waals surface area (Å²) in [5, 5.41) is 2.94. The van der Waals surface area contributed by atoms with Crippen LogP contribution in [0.2, 0.25) is 0 Å². The Kier molecular flexibility index (Phi) is 6.35. The number of benzene rings is 4. The van der Waals surface area contributed by atoms with Gasteiger partial charge >= 0.3 is 4.87 Å².